The topological polar surface area (TPSA) is 64.1 Å². The Hall–Kier alpha value is -3.08. The monoisotopic (exact) mass is 350 g/mol. The number of aromatic nitrogens is 2. The molecule has 1 heterocycles. The van der Waals surface area contributed by atoms with E-state index in [2.05, 4.69) is 29.2 Å². The molecule has 0 radical (unpaired) electrons. The van der Waals surface area contributed by atoms with Crippen molar-refractivity contribution in [3.8, 4) is 16.9 Å². The highest BCUT2D eigenvalue weighted by Gasteiger charge is 1.99. The molecule has 1 N–H and O–H groups in total. The molecule has 0 aliphatic heterocycles. The molecule has 0 spiro atoms. The second-order valence-electron chi connectivity index (χ2n) is 6.10. The Labute approximate surface area is 151 Å². The lowest BCUT2D eigenvalue weighted by molar-refractivity contribution is 0.303. The molecule has 0 unspecified atom stereocenters. The molecule has 0 aliphatic carbocycles. The van der Waals surface area contributed by atoms with E-state index in [4.69, 9.17) is 4.74 Å². The van der Waals surface area contributed by atoms with Gasteiger partial charge in [-0.1, -0.05) is 42.5 Å². The maximum absolute atomic E-state index is 11.6. The van der Waals surface area contributed by atoms with E-state index in [0.717, 1.165) is 25.0 Å². The number of aryl methyl sites for hydroxylation is 1. The van der Waals surface area contributed by atoms with Crippen LogP contribution in [0.4, 0.5) is 0 Å². The van der Waals surface area contributed by atoms with Gasteiger partial charge in [0.25, 0.3) is 5.56 Å². The first-order valence-electron chi connectivity index (χ1n) is 8.80. The van der Waals surface area contributed by atoms with Crippen molar-refractivity contribution in [3.05, 3.63) is 87.7 Å². The summed E-state index contributed by atoms with van der Waals surface area (Å²) in [6, 6.07) is 19.7. The van der Waals surface area contributed by atoms with Crippen molar-refractivity contribution in [2.45, 2.75) is 25.8 Å². The zero-order valence-electron chi connectivity index (χ0n) is 14.6. The van der Waals surface area contributed by atoms with Crippen molar-refractivity contribution in [2.24, 2.45) is 0 Å². The van der Waals surface area contributed by atoms with Gasteiger partial charge in [0.05, 0.1) is 6.61 Å². The molecule has 0 atom stereocenters. The van der Waals surface area contributed by atoms with Crippen LogP contribution < -0.4 is 16.0 Å². The van der Waals surface area contributed by atoms with Gasteiger partial charge < -0.3 is 9.30 Å². The smallest absolute Gasteiger partial charge is 0.328 e. The number of rotatable bonds is 8. The van der Waals surface area contributed by atoms with Gasteiger partial charge in [-0.15, -0.1) is 0 Å². The lowest BCUT2D eigenvalue weighted by atomic mass is 10.1. The number of nitrogens with one attached hydrogen (secondary N) is 1. The second-order valence-corrected chi connectivity index (χ2v) is 6.10. The zero-order chi connectivity index (χ0) is 18.2. The molecule has 0 saturated carbocycles. The Morgan fingerprint density at radius 3 is 2.27 bits per heavy atom. The molecule has 0 saturated heterocycles. The minimum Gasteiger partial charge on any atom is -0.494 e. The molecule has 0 amide bonds. The summed E-state index contributed by atoms with van der Waals surface area (Å²) in [6.07, 6.45) is 4.26. The number of benzene rings is 2. The average molecular weight is 350 g/mol. The van der Waals surface area contributed by atoms with Gasteiger partial charge in [-0.05, 0) is 42.5 Å². The van der Waals surface area contributed by atoms with Gasteiger partial charge in [-0.25, -0.2) is 4.79 Å². The van der Waals surface area contributed by atoms with Crippen LogP contribution in [0.3, 0.4) is 0 Å². The van der Waals surface area contributed by atoms with Crippen molar-refractivity contribution in [1.29, 1.82) is 0 Å². The van der Waals surface area contributed by atoms with E-state index in [9.17, 15) is 9.59 Å². The first-order valence-corrected chi connectivity index (χ1v) is 8.80. The van der Waals surface area contributed by atoms with Crippen LogP contribution in [-0.4, -0.2) is 16.2 Å². The average Bonchev–Trinajstić information content (AvgIpc) is 2.67. The Kier molecular flexibility index (Phi) is 6.04. The molecule has 5 heteroatoms. The lowest BCUT2D eigenvalue weighted by Gasteiger charge is -2.08. The first-order chi connectivity index (χ1) is 12.7. The molecular formula is C21H22N2O3. The molecule has 0 fully saturated rings. The highest BCUT2D eigenvalue weighted by atomic mass is 16.5. The minimum absolute atomic E-state index is 0.354. The standard InChI is InChI=1S/C21H22N2O3/c24-20-13-15-23(21(25)22-20)14-5-2-6-16-26-19-11-9-18(10-12-19)17-7-3-1-4-8-17/h1,3-4,7-13,15H,2,5-6,14,16H2,(H,22,24,25). The quantitative estimate of drug-likeness (QED) is 0.633. The molecular weight excluding hydrogens is 328 g/mol. The van der Waals surface area contributed by atoms with E-state index < -0.39 is 0 Å². The Morgan fingerprint density at radius 2 is 1.54 bits per heavy atom. The number of nitrogens with zero attached hydrogens (tertiary/aromatic N) is 1. The number of unbranched alkanes of at least 4 members (excludes halogenated alkanes) is 2. The SMILES string of the molecule is O=c1ccn(CCCCCOc2ccc(-c3ccccc3)cc2)c(=O)[nH]1. The van der Waals surface area contributed by atoms with Gasteiger partial charge in [-0.3, -0.25) is 9.78 Å². The van der Waals surface area contributed by atoms with Crippen LogP contribution in [0, 0.1) is 0 Å². The summed E-state index contributed by atoms with van der Waals surface area (Å²) < 4.78 is 7.29. The van der Waals surface area contributed by atoms with Crippen LogP contribution in [0.25, 0.3) is 11.1 Å². The summed E-state index contributed by atoms with van der Waals surface area (Å²) in [4.78, 5) is 24.8. The summed E-state index contributed by atoms with van der Waals surface area (Å²) in [5.41, 5.74) is 1.64. The molecule has 1 aromatic heterocycles. The van der Waals surface area contributed by atoms with Crippen molar-refractivity contribution < 1.29 is 4.74 Å². The van der Waals surface area contributed by atoms with Crippen molar-refractivity contribution >= 4 is 0 Å². The normalized spacial score (nSPS) is 10.6. The summed E-state index contributed by atoms with van der Waals surface area (Å²) in [6.45, 7) is 1.24. The van der Waals surface area contributed by atoms with Crippen molar-refractivity contribution in [2.75, 3.05) is 6.61 Å². The van der Waals surface area contributed by atoms with E-state index in [1.807, 2.05) is 30.3 Å². The van der Waals surface area contributed by atoms with E-state index in [0.29, 0.717) is 13.2 Å². The fourth-order valence-electron chi connectivity index (χ4n) is 2.75. The van der Waals surface area contributed by atoms with Crippen molar-refractivity contribution in [1.82, 2.24) is 9.55 Å². The zero-order valence-corrected chi connectivity index (χ0v) is 14.6. The predicted molar refractivity (Wildman–Crippen MR) is 103 cm³/mol. The molecule has 134 valence electrons. The predicted octanol–water partition coefficient (Wildman–Crippen LogP) is 3.45. The molecule has 5 nitrogen and oxygen atoms in total. The largest absolute Gasteiger partial charge is 0.494 e. The van der Waals surface area contributed by atoms with E-state index in [1.165, 1.54) is 28.0 Å². The van der Waals surface area contributed by atoms with Gasteiger partial charge in [0.15, 0.2) is 0 Å². The number of H-pyrrole nitrogens is 1. The second kappa shape index (κ2) is 8.85. The number of ether oxygens (including phenoxy) is 1. The first kappa shape index (κ1) is 17.7. The third kappa shape index (κ3) is 4.96. The highest BCUT2D eigenvalue weighted by molar-refractivity contribution is 5.63. The van der Waals surface area contributed by atoms with Gasteiger partial charge in [-0.2, -0.15) is 0 Å². The summed E-state index contributed by atoms with van der Waals surface area (Å²) in [5, 5.41) is 0. The highest BCUT2D eigenvalue weighted by Crippen LogP contribution is 2.22. The van der Waals surface area contributed by atoms with Crippen molar-refractivity contribution in [3.63, 3.8) is 0 Å². The van der Waals surface area contributed by atoms with Crippen LogP contribution in [0.5, 0.6) is 5.75 Å². The Balaban J connectivity index is 1.38. The van der Waals surface area contributed by atoms with E-state index in [-0.39, 0.29) is 11.2 Å². The van der Waals surface area contributed by atoms with Crippen LogP contribution in [-0.2, 0) is 6.54 Å². The van der Waals surface area contributed by atoms with Crippen LogP contribution in [0.15, 0.2) is 76.4 Å². The minimum atomic E-state index is -0.363. The Bertz CT molecular complexity index is 928. The van der Waals surface area contributed by atoms with Crippen LogP contribution >= 0.6 is 0 Å². The number of hydrogen-bond donors (Lipinski definition) is 1. The lowest BCUT2D eigenvalue weighted by Crippen LogP contribution is -2.28. The molecule has 2 aromatic carbocycles. The van der Waals surface area contributed by atoms with Gasteiger partial charge >= 0.3 is 5.69 Å². The van der Waals surface area contributed by atoms with Gasteiger partial charge in [0.1, 0.15) is 5.75 Å². The molecule has 3 aromatic rings. The third-order valence-electron chi connectivity index (χ3n) is 4.17. The summed E-state index contributed by atoms with van der Waals surface area (Å²) >= 11 is 0. The third-order valence-corrected chi connectivity index (χ3v) is 4.17. The van der Waals surface area contributed by atoms with Gasteiger partial charge in [0.2, 0.25) is 0 Å². The Morgan fingerprint density at radius 1 is 0.808 bits per heavy atom. The number of aromatic amines is 1. The maximum Gasteiger partial charge on any atom is 0.328 e. The molecule has 26 heavy (non-hydrogen) atoms. The van der Waals surface area contributed by atoms with Gasteiger partial charge in [0, 0.05) is 18.8 Å². The van der Waals surface area contributed by atoms with Crippen LogP contribution in [0.1, 0.15) is 19.3 Å². The fourth-order valence-corrected chi connectivity index (χ4v) is 2.75. The summed E-state index contributed by atoms with van der Waals surface area (Å²) in [5.74, 6) is 0.863. The molecule has 0 bridgehead atoms. The molecule has 0 aliphatic rings. The van der Waals surface area contributed by atoms with E-state index >= 15 is 0 Å². The fraction of sp³-hybridized carbons (Fsp3) is 0.238. The molecule has 3 rings (SSSR count). The van der Waals surface area contributed by atoms with Crippen LogP contribution in [0.2, 0.25) is 0 Å². The maximum atomic E-state index is 11.6. The number of hydrogen-bond acceptors (Lipinski definition) is 3. The summed E-state index contributed by atoms with van der Waals surface area (Å²) in [7, 11) is 0. The van der Waals surface area contributed by atoms with E-state index in [1.54, 1.807) is 0 Å².